The highest BCUT2D eigenvalue weighted by molar-refractivity contribution is 5.96. The Balaban J connectivity index is 1.73. The zero-order chi connectivity index (χ0) is 25.2. The fraction of sp³-hybridized carbons (Fsp3) is 0.379. The summed E-state index contributed by atoms with van der Waals surface area (Å²) in [5, 5.41) is 3.25. The Morgan fingerprint density at radius 3 is 2.50 bits per heavy atom. The van der Waals surface area contributed by atoms with Crippen molar-refractivity contribution in [3.63, 3.8) is 0 Å². The fourth-order valence-electron chi connectivity index (χ4n) is 4.77. The molecule has 1 fully saturated rings. The van der Waals surface area contributed by atoms with E-state index < -0.39 is 6.04 Å². The second-order valence-electron chi connectivity index (χ2n) is 9.04. The van der Waals surface area contributed by atoms with Gasteiger partial charge in [-0.15, -0.1) is 0 Å². The van der Waals surface area contributed by atoms with Gasteiger partial charge >= 0.3 is 0 Å². The lowest BCUT2D eigenvalue weighted by Crippen LogP contribution is -2.48. The van der Waals surface area contributed by atoms with Crippen molar-refractivity contribution in [2.75, 3.05) is 13.2 Å². The van der Waals surface area contributed by atoms with Gasteiger partial charge in [0.2, 0.25) is 5.91 Å². The predicted octanol–water partition coefficient (Wildman–Crippen LogP) is 4.75. The molecule has 188 valence electrons. The number of hydrogen-bond acceptors (Lipinski definition) is 5. The predicted molar refractivity (Wildman–Crippen MR) is 139 cm³/mol. The van der Waals surface area contributed by atoms with E-state index in [4.69, 9.17) is 4.74 Å². The van der Waals surface area contributed by atoms with E-state index in [-0.39, 0.29) is 23.6 Å². The maximum absolute atomic E-state index is 14.0. The minimum absolute atomic E-state index is 0.107. The SMILES string of the molecule is CCOc1ccccc1[C@H](C(=O)NC1CCCCC1)N(CCc1ccccc1)C(=O)c1cnccn1. The van der Waals surface area contributed by atoms with Crippen molar-refractivity contribution in [1.29, 1.82) is 0 Å². The number of aromatic nitrogens is 2. The Kier molecular flexibility index (Phi) is 9.03. The van der Waals surface area contributed by atoms with E-state index in [1.165, 1.54) is 25.0 Å². The lowest BCUT2D eigenvalue weighted by molar-refractivity contribution is -0.127. The zero-order valence-electron chi connectivity index (χ0n) is 20.8. The highest BCUT2D eigenvalue weighted by atomic mass is 16.5. The van der Waals surface area contributed by atoms with E-state index in [1.807, 2.05) is 61.5 Å². The molecule has 1 aromatic heterocycles. The summed E-state index contributed by atoms with van der Waals surface area (Å²) < 4.78 is 5.91. The van der Waals surface area contributed by atoms with Gasteiger partial charge in [-0.1, -0.05) is 67.8 Å². The number of hydrogen-bond donors (Lipinski definition) is 1. The Morgan fingerprint density at radius 1 is 1.03 bits per heavy atom. The molecule has 0 unspecified atom stereocenters. The van der Waals surface area contributed by atoms with Crippen molar-refractivity contribution in [2.24, 2.45) is 0 Å². The molecule has 1 heterocycles. The van der Waals surface area contributed by atoms with E-state index in [0.717, 1.165) is 31.2 Å². The van der Waals surface area contributed by atoms with Crippen molar-refractivity contribution >= 4 is 11.8 Å². The molecule has 4 rings (SSSR count). The van der Waals surface area contributed by atoms with Crippen LogP contribution in [-0.4, -0.2) is 45.9 Å². The summed E-state index contributed by atoms with van der Waals surface area (Å²) in [6, 6.07) is 16.7. The number of carbonyl (C=O) groups is 2. The molecule has 36 heavy (non-hydrogen) atoms. The van der Waals surface area contributed by atoms with Gasteiger partial charge in [-0.3, -0.25) is 14.6 Å². The first kappa shape index (κ1) is 25.4. The summed E-state index contributed by atoms with van der Waals surface area (Å²) in [5.74, 6) is 0.0638. The molecule has 0 spiro atoms. The number of nitrogens with one attached hydrogen (secondary N) is 1. The van der Waals surface area contributed by atoms with Crippen LogP contribution >= 0.6 is 0 Å². The van der Waals surface area contributed by atoms with E-state index in [2.05, 4.69) is 15.3 Å². The van der Waals surface area contributed by atoms with Crippen LogP contribution in [0.1, 0.15) is 66.7 Å². The summed E-state index contributed by atoms with van der Waals surface area (Å²) in [5.41, 5.74) is 1.95. The molecule has 0 aliphatic heterocycles. The monoisotopic (exact) mass is 486 g/mol. The molecule has 0 bridgehead atoms. The summed E-state index contributed by atoms with van der Waals surface area (Å²) in [6.07, 6.45) is 10.4. The second-order valence-corrected chi connectivity index (χ2v) is 9.04. The Bertz CT molecular complexity index is 1120. The zero-order valence-corrected chi connectivity index (χ0v) is 20.8. The number of amides is 2. The van der Waals surface area contributed by atoms with Crippen LogP contribution in [0.25, 0.3) is 0 Å². The summed E-state index contributed by atoms with van der Waals surface area (Å²) >= 11 is 0. The average Bonchev–Trinajstić information content (AvgIpc) is 2.93. The van der Waals surface area contributed by atoms with E-state index >= 15 is 0 Å². The molecule has 2 amide bonds. The number of carbonyl (C=O) groups excluding carboxylic acids is 2. The Morgan fingerprint density at radius 2 is 1.78 bits per heavy atom. The van der Waals surface area contributed by atoms with Crippen LogP contribution in [0, 0.1) is 0 Å². The minimum Gasteiger partial charge on any atom is -0.494 e. The molecular weight excluding hydrogens is 452 g/mol. The Hall–Kier alpha value is -3.74. The third kappa shape index (κ3) is 6.47. The largest absolute Gasteiger partial charge is 0.494 e. The molecule has 1 atom stereocenters. The van der Waals surface area contributed by atoms with Crippen molar-refractivity contribution in [3.05, 3.63) is 90.0 Å². The van der Waals surface area contributed by atoms with Gasteiger partial charge in [-0.05, 0) is 37.8 Å². The van der Waals surface area contributed by atoms with Crippen molar-refractivity contribution in [3.8, 4) is 5.75 Å². The molecule has 3 aromatic rings. The number of para-hydroxylation sites is 1. The van der Waals surface area contributed by atoms with Crippen molar-refractivity contribution in [1.82, 2.24) is 20.2 Å². The first-order valence-corrected chi connectivity index (χ1v) is 12.8. The second kappa shape index (κ2) is 12.8. The van der Waals surface area contributed by atoms with Crippen LogP contribution < -0.4 is 10.1 Å². The van der Waals surface area contributed by atoms with Crippen LogP contribution in [0.3, 0.4) is 0 Å². The molecule has 7 heteroatoms. The maximum atomic E-state index is 14.0. The molecule has 1 aliphatic rings. The topological polar surface area (TPSA) is 84.4 Å². The molecule has 1 aliphatic carbocycles. The van der Waals surface area contributed by atoms with E-state index in [0.29, 0.717) is 30.9 Å². The minimum atomic E-state index is -0.868. The highest BCUT2D eigenvalue weighted by Crippen LogP contribution is 2.32. The van der Waals surface area contributed by atoms with E-state index in [1.54, 1.807) is 4.90 Å². The standard InChI is InChI=1S/C29H34N4O3/c1-2-36-26-16-10-9-15-24(26)27(28(34)32-23-13-7-4-8-14-23)33(20-17-22-11-5-3-6-12-22)29(35)25-21-30-18-19-31-25/h3,5-6,9-12,15-16,18-19,21,23,27H,2,4,7-8,13-14,17,20H2,1H3,(H,32,34)/t27-/m1/s1. The van der Waals surface area contributed by atoms with Crippen LogP contribution in [-0.2, 0) is 11.2 Å². The van der Waals surface area contributed by atoms with Gasteiger partial charge in [0, 0.05) is 30.5 Å². The van der Waals surface area contributed by atoms with Crippen LogP contribution in [0.2, 0.25) is 0 Å². The van der Waals surface area contributed by atoms with Gasteiger partial charge in [0.05, 0.1) is 12.8 Å². The van der Waals surface area contributed by atoms with Crippen LogP contribution in [0.15, 0.2) is 73.2 Å². The van der Waals surface area contributed by atoms with Crippen molar-refractivity contribution < 1.29 is 14.3 Å². The smallest absolute Gasteiger partial charge is 0.275 e. The fourth-order valence-corrected chi connectivity index (χ4v) is 4.77. The lowest BCUT2D eigenvalue weighted by atomic mass is 9.94. The quantitative estimate of drug-likeness (QED) is 0.447. The number of nitrogens with zero attached hydrogens (tertiary/aromatic N) is 3. The molecule has 0 saturated heterocycles. The summed E-state index contributed by atoms with van der Waals surface area (Å²) in [7, 11) is 0. The van der Waals surface area contributed by atoms with Crippen molar-refractivity contribution in [2.45, 2.75) is 57.5 Å². The first-order valence-electron chi connectivity index (χ1n) is 12.8. The lowest BCUT2D eigenvalue weighted by Gasteiger charge is -2.34. The highest BCUT2D eigenvalue weighted by Gasteiger charge is 2.35. The average molecular weight is 487 g/mol. The number of benzene rings is 2. The summed E-state index contributed by atoms with van der Waals surface area (Å²) in [4.78, 5) is 37.8. The molecule has 1 saturated carbocycles. The first-order chi connectivity index (χ1) is 17.7. The van der Waals surface area contributed by atoms with Gasteiger partial charge in [0.15, 0.2) is 0 Å². The van der Waals surface area contributed by atoms with Crippen LogP contribution in [0.5, 0.6) is 5.75 Å². The van der Waals surface area contributed by atoms with E-state index in [9.17, 15) is 9.59 Å². The molecular formula is C29H34N4O3. The maximum Gasteiger partial charge on any atom is 0.275 e. The normalized spacial score (nSPS) is 14.6. The third-order valence-electron chi connectivity index (χ3n) is 6.55. The van der Waals surface area contributed by atoms with Gasteiger partial charge in [-0.25, -0.2) is 4.98 Å². The molecule has 2 aromatic carbocycles. The van der Waals surface area contributed by atoms with Gasteiger partial charge in [-0.2, -0.15) is 0 Å². The van der Waals surface area contributed by atoms with Gasteiger partial charge < -0.3 is 15.0 Å². The van der Waals surface area contributed by atoms with Gasteiger partial charge in [0.1, 0.15) is 17.5 Å². The number of rotatable bonds is 10. The van der Waals surface area contributed by atoms with Crippen LogP contribution in [0.4, 0.5) is 0 Å². The third-order valence-corrected chi connectivity index (χ3v) is 6.55. The summed E-state index contributed by atoms with van der Waals surface area (Å²) in [6.45, 7) is 2.70. The molecule has 0 radical (unpaired) electrons. The Labute approximate surface area is 212 Å². The molecule has 7 nitrogen and oxygen atoms in total. The number of ether oxygens (including phenoxy) is 1. The molecule has 1 N–H and O–H groups in total. The van der Waals surface area contributed by atoms with Gasteiger partial charge in [0.25, 0.3) is 5.91 Å².